The number of ether oxygens (including phenoxy) is 1. The van der Waals surface area contributed by atoms with Crippen molar-refractivity contribution >= 4 is 18.0 Å². The second-order valence-corrected chi connectivity index (χ2v) is 7.51. The summed E-state index contributed by atoms with van der Waals surface area (Å²) in [5.41, 5.74) is 9.82. The molecule has 0 saturated heterocycles. The van der Waals surface area contributed by atoms with Crippen LogP contribution in [0, 0.1) is 0 Å². The molecule has 3 rings (SSSR count). The van der Waals surface area contributed by atoms with Crippen LogP contribution < -0.4 is 15.8 Å². The standard InChI is InChI=1S/C23H29N5O3/c1-31-20-12-17(14-25-15-20)21(13-22(29)30)26-11-9-18(24)5-2-6-19-8-7-16-4-3-10-27-23(16)28-19/h7-9,11-12,14-15,21H,2-6,10,13,24H2,1H3,(H,27,28)(H,29,30). The average molecular weight is 424 g/mol. The fourth-order valence-corrected chi connectivity index (χ4v) is 3.46. The minimum absolute atomic E-state index is 0.142. The Hall–Kier alpha value is -3.42. The molecule has 4 N–H and O–H groups in total. The lowest BCUT2D eigenvalue weighted by Crippen LogP contribution is -2.14. The molecule has 0 fully saturated rings. The summed E-state index contributed by atoms with van der Waals surface area (Å²) >= 11 is 0. The molecule has 2 aromatic rings. The second kappa shape index (κ2) is 11.1. The van der Waals surface area contributed by atoms with E-state index in [1.807, 2.05) is 0 Å². The molecule has 164 valence electrons. The molecule has 8 nitrogen and oxygen atoms in total. The molecule has 0 radical (unpaired) electrons. The van der Waals surface area contributed by atoms with Gasteiger partial charge < -0.3 is 20.9 Å². The van der Waals surface area contributed by atoms with E-state index in [4.69, 9.17) is 15.5 Å². The summed E-state index contributed by atoms with van der Waals surface area (Å²) in [7, 11) is 1.54. The first-order chi connectivity index (χ1) is 15.0. The van der Waals surface area contributed by atoms with E-state index in [2.05, 4.69) is 27.4 Å². The molecular formula is C23H29N5O3. The number of aromatic nitrogens is 2. The zero-order valence-corrected chi connectivity index (χ0v) is 17.8. The number of nitrogens with zero attached hydrogens (tertiary/aromatic N) is 3. The molecule has 1 unspecified atom stereocenters. The summed E-state index contributed by atoms with van der Waals surface area (Å²) in [4.78, 5) is 24.4. The number of anilines is 1. The predicted octanol–water partition coefficient (Wildman–Crippen LogP) is 3.30. The number of pyridine rings is 2. The lowest BCUT2D eigenvalue weighted by molar-refractivity contribution is -0.137. The number of fused-ring (bicyclic) bond motifs is 1. The van der Waals surface area contributed by atoms with Crippen molar-refractivity contribution in [2.45, 2.75) is 44.6 Å². The van der Waals surface area contributed by atoms with Gasteiger partial charge in [0.15, 0.2) is 0 Å². The Bertz CT molecular complexity index is 958. The van der Waals surface area contributed by atoms with Crippen molar-refractivity contribution in [3.63, 3.8) is 0 Å². The van der Waals surface area contributed by atoms with Crippen LogP contribution in [0.1, 0.15) is 48.5 Å². The number of rotatable bonds is 10. The minimum Gasteiger partial charge on any atom is -0.495 e. The molecule has 0 aromatic carbocycles. The van der Waals surface area contributed by atoms with E-state index >= 15 is 0 Å². The molecule has 0 saturated carbocycles. The molecule has 8 heteroatoms. The highest BCUT2D eigenvalue weighted by Gasteiger charge is 2.15. The smallest absolute Gasteiger partial charge is 0.305 e. The monoisotopic (exact) mass is 423 g/mol. The van der Waals surface area contributed by atoms with Crippen LogP contribution in [0.4, 0.5) is 5.82 Å². The summed E-state index contributed by atoms with van der Waals surface area (Å²) in [6, 6.07) is 5.43. The number of carboxylic acid groups (broad SMARTS) is 1. The van der Waals surface area contributed by atoms with Gasteiger partial charge >= 0.3 is 5.97 Å². The van der Waals surface area contributed by atoms with Gasteiger partial charge in [-0.25, -0.2) is 4.98 Å². The largest absolute Gasteiger partial charge is 0.495 e. The molecule has 1 aliphatic heterocycles. The zero-order chi connectivity index (χ0) is 22.1. The Kier molecular flexibility index (Phi) is 7.98. The SMILES string of the molecule is COc1cncc(C(CC(=O)O)N=CC=C(N)CCCc2ccc3c(n2)NCCC3)c1. The van der Waals surface area contributed by atoms with Crippen LogP contribution >= 0.6 is 0 Å². The maximum absolute atomic E-state index is 11.2. The molecule has 3 heterocycles. The van der Waals surface area contributed by atoms with Gasteiger partial charge in [0, 0.05) is 30.3 Å². The highest BCUT2D eigenvalue weighted by Crippen LogP contribution is 2.24. The number of nitrogens with two attached hydrogens (primary N) is 1. The summed E-state index contributed by atoms with van der Waals surface area (Å²) in [6.07, 6.45) is 11.0. The predicted molar refractivity (Wildman–Crippen MR) is 121 cm³/mol. The van der Waals surface area contributed by atoms with Gasteiger partial charge in [0.1, 0.15) is 11.6 Å². The van der Waals surface area contributed by atoms with E-state index in [0.29, 0.717) is 23.4 Å². The van der Waals surface area contributed by atoms with Gasteiger partial charge in [-0.05, 0) is 61.4 Å². The van der Waals surface area contributed by atoms with E-state index < -0.39 is 12.0 Å². The highest BCUT2D eigenvalue weighted by atomic mass is 16.5. The number of methoxy groups -OCH3 is 1. The van der Waals surface area contributed by atoms with E-state index in [1.54, 1.807) is 30.8 Å². The maximum atomic E-state index is 11.2. The number of nitrogens with one attached hydrogen (secondary N) is 1. The van der Waals surface area contributed by atoms with Crippen LogP contribution in [0.25, 0.3) is 0 Å². The van der Waals surface area contributed by atoms with Crippen molar-refractivity contribution in [2.24, 2.45) is 10.7 Å². The van der Waals surface area contributed by atoms with Crippen LogP contribution in [0.2, 0.25) is 0 Å². The summed E-state index contributed by atoms with van der Waals surface area (Å²) < 4.78 is 5.16. The average Bonchev–Trinajstić information content (AvgIpc) is 2.78. The Morgan fingerprint density at radius 1 is 1.42 bits per heavy atom. The van der Waals surface area contributed by atoms with Crippen LogP contribution in [0.15, 0.2) is 47.4 Å². The van der Waals surface area contributed by atoms with Gasteiger partial charge in [-0.2, -0.15) is 0 Å². The molecular weight excluding hydrogens is 394 g/mol. The zero-order valence-electron chi connectivity index (χ0n) is 17.8. The molecule has 0 amide bonds. The maximum Gasteiger partial charge on any atom is 0.305 e. The van der Waals surface area contributed by atoms with E-state index in [1.165, 1.54) is 12.7 Å². The van der Waals surface area contributed by atoms with Gasteiger partial charge in [0.2, 0.25) is 0 Å². The number of carbonyl (C=O) groups is 1. The molecule has 31 heavy (non-hydrogen) atoms. The number of hydrogen-bond acceptors (Lipinski definition) is 7. The molecule has 0 aliphatic carbocycles. The Labute approximate surface area is 182 Å². The Balaban J connectivity index is 1.55. The van der Waals surface area contributed by atoms with Gasteiger partial charge in [-0.3, -0.25) is 14.8 Å². The summed E-state index contributed by atoms with van der Waals surface area (Å²) in [6.45, 7) is 0.979. The van der Waals surface area contributed by atoms with Crippen molar-refractivity contribution in [2.75, 3.05) is 19.0 Å². The van der Waals surface area contributed by atoms with Crippen LogP contribution in [0.5, 0.6) is 5.75 Å². The van der Waals surface area contributed by atoms with Crippen molar-refractivity contribution < 1.29 is 14.6 Å². The fourth-order valence-electron chi connectivity index (χ4n) is 3.46. The van der Waals surface area contributed by atoms with Crippen molar-refractivity contribution in [3.05, 3.63) is 59.2 Å². The van der Waals surface area contributed by atoms with Crippen molar-refractivity contribution in [1.29, 1.82) is 0 Å². The van der Waals surface area contributed by atoms with Gasteiger partial charge in [-0.15, -0.1) is 0 Å². The normalized spacial score (nSPS) is 14.7. The van der Waals surface area contributed by atoms with E-state index in [9.17, 15) is 9.90 Å². The van der Waals surface area contributed by atoms with Gasteiger partial charge in [-0.1, -0.05) is 6.07 Å². The fraction of sp³-hybridized carbons (Fsp3) is 0.391. The number of aliphatic imine (C=N–C) groups is 1. The lowest BCUT2D eigenvalue weighted by Gasteiger charge is -2.17. The van der Waals surface area contributed by atoms with Gasteiger partial charge in [0.05, 0.1) is 25.8 Å². The van der Waals surface area contributed by atoms with Crippen LogP contribution in [0.3, 0.4) is 0 Å². The third-order valence-corrected chi connectivity index (χ3v) is 5.13. The van der Waals surface area contributed by atoms with Crippen LogP contribution in [-0.4, -0.2) is 40.9 Å². The first kappa shape index (κ1) is 22.3. The molecule has 0 spiro atoms. The molecule has 0 bridgehead atoms. The highest BCUT2D eigenvalue weighted by molar-refractivity contribution is 5.73. The topological polar surface area (TPSA) is 123 Å². The van der Waals surface area contributed by atoms with Gasteiger partial charge in [0.25, 0.3) is 0 Å². The second-order valence-electron chi connectivity index (χ2n) is 7.51. The molecule has 2 aromatic heterocycles. The third kappa shape index (κ3) is 6.80. The van der Waals surface area contributed by atoms with Crippen molar-refractivity contribution in [1.82, 2.24) is 9.97 Å². The summed E-state index contributed by atoms with van der Waals surface area (Å²) in [5.74, 6) is 0.633. The number of allylic oxidation sites excluding steroid dienone is 2. The van der Waals surface area contributed by atoms with E-state index in [-0.39, 0.29) is 6.42 Å². The number of hydrogen-bond donors (Lipinski definition) is 3. The molecule has 1 aliphatic rings. The van der Waals surface area contributed by atoms with Crippen LogP contribution in [-0.2, 0) is 17.6 Å². The quantitative estimate of drug-likeness (QED) is 0.501. The Morgan fingerprint density at radius 2 is 2.29 bits per heavy atom. The minimum atomic E-state index is -0.936. The first-order valence-electron chi connectivity index (χ1n) is 10.5. The lowest BCUT2D eigenvalue weighted by atomic mass is 10.1. The summed E-state index contributed by atoms with van der Waals surface area (Å²) in [5, 5.41) is 12.6. The third-order valence-electron chi connectivity index (χ3n) is 5.13. The Morgan fingerprint density at radius 3 is 3.10 bits per heavy atom. The number of carboxylic acids is 1. The first-order valence-corrected chi connectivity index (χ1v) is 10.5. The van der Waals surface area contributed by atoms with E-state index in [0.717, 1.165) is 43.7 Å². The van der Waals surface area contributed by atoms with Crippen molar-refractivity contribution in [3.8, 4) is 5.75 Å². The molecule has 1 atom stereocenters. The number of aryl methyl sites for hydroxylation is 2. The number of aliphatic carboxylic acids is 1.